The van der Waals surface area contributed by atoms with Crippen molar-refractivity contribution < 1.29 is 0 Å². The summed E-state index contributed by atoms with van der Waals surface area (Å²) < 4.78 is 0. The van der Waals surface area contributed by atoms with Gasteiger partial charge in [-0.3, -0.25) is 0 Å². The van der Waals surface area contributed by atoms with Crippen LogP contribution in [-0.2, 0) is 0 Å². The van der Waals surface area contributed by atoms with Crippen LogP contribution in [0.5, 0.6) is 0 Å². The fourth-order valence-electron chi connectivity index (χ4n) is 2.36. The van der Waals surface area contributed by atoms with Gasteiger partial charge in [0.05, 0.1) is 5.69 Å². The molecule has 0 N–H and O–H groups in total. The van der Waals surface area contributed by atoms with Gasteiger partial charge in [-0.05, 0) is 18.6 Å². The Labute approximate surface area is 124 Å². The maximum absolute atomic E-state index is 6.09. The Morgan fingerprint density at radius 2 is 1.70 bits per heavy atom. The van der Waals surface area contributed by atoms with Gasteiger partial charge in [-0.25, -0.2) is 9.97 Å². The normalized spacial score (nSPS) is 16.4. The van der Waals surface area contributed by atoms with Crippen molar-refractivity contribution in [2.45, 2.75) is 0 Å². The lowest BCUT2D eigenvalue weighted by Crippen LogP contribution is -2.44. The van der Waals surface area contributed by atoms with Gasteiger partial charge in [0.25, 0.3) is 0 Å². The van der Waals surface area contributed by atoms with Crippen LogP contribution in [0, 0.1) is 0 Å². The van der Waals surface area contributed by atoms with Crippen LogP contribution in [-0.4, -0.2) is 48.1 Å². The molecule has 1 aliphatic heterocycles. The monoisotopic (exact) mass is 288 g/mol. The van der Waals surface area contributed by atoms with Crippen molar-refractivity contribution >= 4 is 17.4 Å². The SMILES string of the molecule is CN1CCN(c2cc(-c3ccccc3)nc(Cl)n2)CC1. The van der Waals surface area contributed by atoms with E-state index >= 15 is 0 Å². The molecule has 4 nitrogen and oxygen atoms in total. The fourth-order valence-corrected chi connectivity index (χ4v) is 2.54. The molecule has 0 aliphatic carbocycles. The summed E-state index contributed by atoms with van der Waals surface area (Å²) in [5, 5.41) is 0.306. The molecule has 0 amide bonds. The van der Waals surface area contributed by atoms with E-state index in [-0.39, 0.29) is 0 Å². The third-order valence-electron chi connectivity index (χ3n) is 3.58. The van der Waals surface area contributed by atoms with Crippen LogP contribution >= 0.6 is 11.6 Å². The quantitative estimate of drug-likeness (QED) is 0.795. The zero-order valence-electron chi connectivity index (χ0n) is 11.5. The van der Waals surface area contributed by atoms with Crippen molar-refractivity contribution in [3.63, 3.8) is 0 Å². The van der Waals surface area contributed by atoms with Gasteiger partial charge in [-0.15, -0.1) is 0 Å². The Morgan fingerprint density at radius 1 is 1.00 bits per heavy atom. The highest BCUT2D eigenvalue weighted by atomic mass is 35.5. The highest BCUT2D eigenvalue weighted by molar-refractivity contribution is 6.28. The average molecular weight is 289 g/mol. The second-order valence-electron chi connectivity index (χ2n) is 5.04. The molecule has 3 rings (SSSR count). The number of halogens is 1. The Balaban J connectivity index is 1.91. The first-order valence-electron chi connectivity index (χ1n) is 6.76. The third kappa shape index (κ3) is 2.92. The topological polar surface area (TPSA) is 32.3 Å². The minimum Gasteiger partial charge on any atom is -0.354 e. The Morgan fingerprint density at radius 3 is 2.40 bits per heavy atom. The molecular weight excluding hydrogens is 272 g/mol. The van der Waals surface area contributed by atoms with Crippen LogP contribution in [0.4, 0.5) is 5.82 Å². The number of nitrogens with zero attached hydrogens (tertiary/aromatic N) is 4. The summed E-state index contributed by atoms with van der Waals surface area (Å²) >= 11 is 6.09. The first-order chi connectivity index (χ1) is 9.72. The van der Waals surface area contributed by atoms with Crippen LogP contribution in [0.15, 0.2) is 36.4 Å². The minimum absolute atomic E-state index is 0.306. The number of benzene rings is 1. The summed E-state index contributed by atoms with van der Waals surface area (Å²) in [4.78, 5) is 13.3. The standard InChI is InChI=1S/C15H17ClN4/c1-19-7-9-20(10-8-19)14-11-13(17-15(16)18-14)12-5-3-2-4-6-12/h2-6,11H,7-10H2,1H3. The van der Waals surface area contributed by atoms with Crippen LogP contribution in [0.2, 0.25) is 5.28 Å². The molecule has 1 saturated heterocycles. The molecule has 0 saturated carbocycles. The molecule has 1 aromatic carbocycles. The van der Waals surface area contributed by atoms with Gasteiger partial charge in [0, 0.05) is 37.8 Å². The lowest BCUT2D eigenvalue weighted by atomic mass is 10.1. The van der Waals surface area contributed by atoms with Gasteiger partial charge in [-0.2, -0.15) is 0 Å². The summed E-state index contributed by atoms with van der Waals surface area (Å²) in [6, 6.07) is 12.1. The number of hydrogen-bond donors (Lipinski definition) is 0. The second kappa shape index (κ2) is 5.77. The molecule has 5 heteroatoms. The van der Waals surface area contributed by atoms with Crippen molar-refractivity contribution in [2.75, 3.05) is 38.1 Å². The van der Waals surface area contributed by atoms with Crippen molar-refractivity contribution in [2.24, 2.45) is 0 Å². The largest absolute Gasteiger partial charge is 0.354 e. The molecule has 0 spiro atoms. The molecule has 1 aromatic heterocycles. The van der Waals surface area contributed by atoms with Gasteiger partial charge in [-0.1, -0.05) is 30.3 Å². The van der Waals surface area contributed by atoms with Crippen molar-refractivity contribution in [1.29, 1.82) is 0 Å². The van der Waals surface area contributed by atoms with Crippen LogP contribution in [0.1, 0.15) is 0 Å². The molecule has 104 valence electrons. The predicted octanol–water partition coefficient (Wildman–Crippen LogP) is 2.55. The first-order valence-corrected chi connectivity index (χ1v) is 7.14. The zero-order chi connectivity index (χ0) is 13.9. The maximum atomic E-state index is 6.09. The van der Waals surface area contributed by atoms with Crippen molar-refractivity contribution in [1.82, 2.24) is 14.9 Å². The molecule has 20 heavy (non-hydrogen) atoms. The van der Waals surface area contributed by atoms with E-state index in [9.17, 15) is 0 Å². The Bertz CT molecular complexity index is 580. The van der Waals surface area contributed by atoms with E-state index < -0.39 is 0 Å². The number of rotatable bonds is 2. The first kappa shape index (κ1) is 13.3. The maximum Gasteiger partial charge on any atom is 0.224 e. The van der Waals surface area contributed by atoms with Crippen molar-refractivity contribution in [3.8, 4) is 11.3 Å². The van der Waals surface area contributed by atoms with Gasteiger partial charge in [0.1, 0.15) is 5.82 Å². The van der Waals surface area contributed by atoms with Gasteiger partial charge in [0.15, 0.2) is 0 Å². The van der Waals surface area contributed by atoms with Crippen LogP contribution < -0.4 is 4.90 Å². The molecule has 0 unspecified atom stereocenters. The van der Waals surface area contributed by atoms with E-state index in [1.165, 1.54) is 0 Å². The number of anilines is 1. The fraction of sp³-hybridized carbons (Fsp3) is 0.333. The lowest BCUT2D eigenvalue weighted by Gasteiger charge is -2.33. The number of likely N-dealkylation sites (N-methyl/N-ethyl adjacent to an activating group) is 1. The Hall–Kier alpha value is -1.65. The second-order valence-corrected chi connectivity index (χ2v) is 5.37. The Kier molecular flexibility index (Phi) is 3.85. The third-order valence-corrected chi connectivity index (χ3v) is 3.75. The van der Waals surface area contributed by atoms with E-state index in [2.05, 4.69) is 26.8 Å². The molecular formula is C15H17ClN4. The molecule has 0 atom stereocenters. The number of hydrogen-bond acceptors (Lipinski definition) is 4. The van der Waals surface area contributed by atoms with E-state index in [1.807, 2.05) is 36.4 Å². The summed E-state index contributed by atoms with van der Waals surface area (Å²) in [7, 11) is 2.14. The molecule has 1 aliphatic rings. The summed E-state index contributed by atoms with van der Waals surface area (Å²) in [5.41, 5.74) is 1.94. The predicted molar refractivity (Wildman–Crippen MR) is 82.2 cm³/mol. The van der Waals surface area contributed by atoms with Crippen molar-refractivity contribution in [3.05, 3.63) is 41.7 Å². The average Bonchev–Trinajstić information content (AvgIpc) is 2.48. The van der Waals surface area contributed by atoms with Gasteiger partial charge < -0.3 is 9.80 Å². The highest BCUT2D eigenvalue weighted by Gasteiger charge is 2.17. The summed E-state index contributed by atoms with van der Waals surface area (Å²) in [5.74, 6) is 0.914. The van der Waals surface area contributed by atoms with Gasteiger partial charge in [0.2, 0.25) is 5.28 Å². The number of piperazine rings is 1. The molecule has 0 radical (unpaired) electrons. The summed E-state index contributed by atoms with van der Waals surface area (Å²) in [6.07, 6.45) is 0. The highest BCUT2D eigenvalue weighted by Crippen LogP contribution is 2.23. The van der Waals surface area contributed by atoms with E-state index in [0.717, 1.165) is 43.3 Å². The van der Waals surface area contributed by atoms with E-state index in [0.29, 0.717) is 5.28 Å². The number of aromatic nitrogens is 2. The lowest BCUT2D eigenvalue weighted by molar-refractivity contribution is 0.312. The smallest absolute Gasteiger partial charge is 0.224 e. The molecule has 1 fully saturated rings. The molecule has 0 bridgehead atoms. The van der Waals surface area contributed by atoms with E-state index in [1.54, 1.807) is 0 Å². The van der Waals surface area contributed by atoms with Crippen LogP contribution in [0.25, 0.3) is 11.3 Å². The zero-order valence-corrected chi connectivity index (χ0v) is 12.2. The van der Waals surface area contributed by atoms with Gasteiger partial charge >= 0.3 is 0 Å². The molecule has 2 heterocycles. The van der Waals surface area contributed by atoms with Crippen LogP contribution in [0.3, 0.4) is 0 Å². The van der Waals surface area contributed by atoms with E-state index in [4.69, 9.17) is 11.6 Å². The summed E-state index contributed by atoms with van der Waals surface area (Å²) in [6.45, 7) is 4.03. The molecule has 2 aromatic rings. The minimum atomic E-state index is 0.306.